The van der Waals surface area contributed by atoms with Crippen molar-refractivity contribution in [2.24, 2.45) is 0 Å². The van der Waals surface area contributed by atoms with E-state index < -0.39 is 17.2 Å². The third-order valence-electron chi connectivity index (χ3n) is 4.50. The largest absolute Gasteiger partial charge is 0.444 e. The van der Waals surface area contributed by atoms with Crippen molar-refractivity contribution in [1.82, 2.24) is 10.6 Å². The molecule has 1 aromatic rings. The topological polar surface area (TPSA) is 79.5 Å². The first-order valence-corrected chi connectivity index (χ1v) is 9.87. The summed E-state index contributed by atoms with van der Waals surface area (Å²) in [5.41, 5.74) is -0.437. The molecule has 1 aromatic carbocycles. The molecule has 0 atom stereocenters. The Hall–Kier alpha value is -1.95. The second-order valence-corrected chi connectivity index (χ2v) is 8.58. The van der Waals surface area contributed by atoms with Crippen molar-refractivity contribution in [3.8, 4) is 0 Å². The normalized spacial score (nSPS) is 16.7. The summed E-state index contributed by atoms with van der Waals surface area (Å²) in [4.78, 5) is 24.6. The maximum atomic E-state index is 12.3. The fourth-order valence-electron chi connectivity index (χ4n) is 3.26. The number of nitrogens with one attached hydrogen (secondary N) is 3. The number of hydrogen-bond donors (Lipinski definition) is 3. The van der Waals surface area contributed by atoms with Crippen molar-refractivity contribution in [2.45, 2.75) is 70.4 Å². The Balaban J connectivity index is 1.99. The van der Waals surface area contributed by atoms with E-state index >= 15 is 0 Å². The maximum absolute atomic E-state index is 12.3. The lowest BCUT2D eigenvalue weighted by atomic mass is 9.90. The monoisotopic (exact) mass is 395 g/mol. The summed E-state index contributed by atoms with van der Waals surface area (Å²) < 4.78 is 5.43. The van der Waals surface area contributed by atoms with Gasteiger partial charge >= 0.3 is 12.1 Å². The molecule has 1 aliphatic carbocycles. The third kappa shape index (κ3) is 7.67. The predicted octanol–water partition coefficient (Wildman–Crippen LogP) is 5.08. The van der Waals surface area contributed by atoms with Crippen molar-refractivity contribution in [3.63, 3.8) is 0 Å². The van der Waals surface area contributed by atoms with Crippen LogP contribution >= 0.6 is 11.6 Å². The van der Waals surface area contributed by atoms with Gasteiger partial charge in [-0.15, -0.1) is 0 Å². The average molecular weight is 396 g/mol. The fraction of sp³-hybridized carbons (Fsp3) is 0.600. The number of amides is 3. The molecule has 0 bridgehead atoms. The molecule has 0 spiro atoms. The van der Waals surface area contributed by atoms with Gasteiger partial charge < -0.3 is 20.7 Å². The summed E-state index contributed by atoms with van der Waals surface area (Å²) in [7, 11) is 0. The Labute approximate surface area is 166 Å². The van der Waals surface area contributed by atoms with Crippen molar-refractivity contribution in [1.29, 1.82) is 0 Å². The number of urea groups is 1. The van der Waals surface area contributed by atoms with E-state index in [-0.39, 0.29) is 6.03 Å². The van der Waals surface area contributed by atoms with Gasteiger partial charge in [0.25, 0.3) is 0 Å². The number of halogens is 1. The van der Waals surface area contributed by atoms with Crippen LogP contribution in [-0.2, 0) is 4.74 Å². The van der Waals surface area contributed by atoms with Crippen molar-refractivity contribution in [2.75, 3.05) is 11.9 Å². The molecule has 1 fully saturated rings. The zero-order valence-corrected chi connectivity index (χ0v) is 17.1. The van der Waals surface area contributed by atoms with Crippen LogP contribution in [0.5, 0.6) is 0 Å². The van der Waals surface area contributed by atoms with Crippen LogP contribution in [0.2, 0.25) is 5.02 Å². The highest BCUT2D eigenvalue weighted by atomic mass is 35.5. The van der Waals surface area contributed by atoms with E-state index in [1.54, 1.807) is 24.3 Å². The number of rotatable bonds is 4. The Morgan fingerprint density at radius 1 is 1.15 bits per heavy atom. The molecule has 3 N–H and O–H groups in total. The van der Waals surface area contributed by atoms with Crippen molar-refractivity contribution in [3.05, 3.63) is 29.3 Å². The van der Waals surface area contributed by atoms with E-state index in [0.717, 1.165) is 38.5 Å². The van der Waals surface area contributed by atoms with Crippen LogP contribution in [0, 0.1) is 0 Å². The highest BCUT2D eigenvalue weighted by Gasteiger charge is 2.34. The van der Waals surface area contributed by atoms with Gasteiger partial charge in [-0.25, -0.2) is 9.59 Å². The smallest absolute Gasteiger partial charge is 0.408 e. The first-order valence-electron chi connectivity index (χ1n) is 9.49. The minimum atomic E-state index is -0.562. The number of benzene rings is 1. The lowest BCUT2D eigenvalue weighted by Crippen LogP contribution is -2.56. The van der Waals surface area contributed by atoms with Crippen LogP contribution in [0.3, 0.4) is 0 Å². The molecule has 0 unspecified atom stereocenters. The zero-order chi connectivity index (χ0) is 19.9. The SMILES string of the molecule is CC(C)(C)OC(=O)NC1(CNC(=O)Nc2cccc(Cl)c2)CCCCCC1. The van der Waals surface area contributed by atoms with Gasteiger partial charge in [0.15, 0.2) is 0 Å². The Kier molecular flexibility index (Phi) is 7.36. The summed E-state index contributed by atoms with van der Waals surface area (Å²) in [5.74, 6) is 0. The summed E-state index contributed by atoms with van der Waals surface area (Å²) in [6, 6.07) is 6.64. The van der Waals surface area contributed by atoms with Gasteiger partial charge in [-0.3, -0.25) is 0 Å². The highest BCUT2D eigenvalue weighted by molar-refractivity contribution is 6.30. The van der Waals surface area contributed by atoms with Gasteiger partial charge in [-0.2, -0.15) is 0 Å². The average Bonchev–Trinajstić information content (AvgIpc) is 2.77. The molecule has 1 saturated carbocycles. The number of carbonyl (C=O) groups is 2. The summed E-state index contributed by atoms with van der Waals surface area (Å²) in [5, 5.41) is 9.25. The molecule has 0 aromatic heterocycles. The van der Waals surface area contributed by atoms with Crippen molar-refractivity contribution < 1.29 is 14.3 Å². The van der Waals surface area contributed by atoms with E-state index in [4.69, 9.17) is 16.3 Å². The predicted molar refractivity (Wildman–Crippen MR) is 108 cm³/mol. The molecular weight excluding hydrogens is 366 g/mol. The van der Waals surface area contributed by atoms with Gasteiger partial charge in [0.05, 0.1) is 5.54 Å². The third-order valence-corrected chi connectivity index (χ3v) is 4.73. The standard InChI is InChI=1S/C20H30ClN3O3/c1-19(2,3)27-18(26)24-20(11-6-4-5-7-12-20)14-22-17(25)23-16-10-8-9-15(21)13-16/h8-10,13H,4-7,11-12,14H2,1-3H3,(H,24,26)(H2,22,23,25). The molecule has 1 aliphatic rings. The molecule has 7 heteroatoms. The molecule has 6 nitrogen and oxygen atoms in total. The second kappa shape index (κ2) is 9.31. The fourth-order valence-corrected chi connectivity index (χ4v) is 3.45. The van der Waals surface area contributed by atoms with Crippen LogP contribution in [-0.4, -0.2) is 29.8 Å². The van der Waals surface area contributed by atoms with Crippen LogP contribution < -0.4 is 16.0 Å². The van der Waals surface area contributed by atoms with Gasteiger partial charge in [0.1, 0.15) is 5.60 Å². The molecule has 0 heterocycles. The molecule has 0 aliphatic heterocycles. The first-order chi connectivity index (χ1) is 12.7. The Morgan fingerprint density at radius 2 is 1.81 bits per heavy atom. The lowest BCUT2D eigenvalue weighted by Gasteiger charge is -2.35. The molecule has 150 valence electrons. The van der Waals surface area contributed by atoms with Gasteiger partial charge in [0, 0.05) is 17.3 Å². The maximum Gasteiger partial charge on any atom is 0.408 e. The Morgan fingerprint density at radius 3 is 2.41 bits per heavy atom. The number of ether oxygens (including phenoxy) is 1. The second-order valence-electron chi connectivity index (χ2n) is 8.14. The van der Waals surface area contributed by atoms with Crippen molar-refractivity contribution >= 4 is 29.4 Å². The summed E-state index contributed by atoms with van der Waals surface area (Å²) in [6.07, 6.45) is 5.45. The van der Waals surface area contributed by atoms with E-state index in [1.807, 2.05) is 20.8 Å². The van der Waals surface area contributed by atoms with Crippen LogP contribution in [0.1, 0.15) is 59.3 Å². The summed E-state index contributed by atoms with van der Waals surface area (Å²) in [6.45, 7) is 5.85. The van der Waals surface area contributed by atoms with Gasteiger partial charge in [-0.05, 0) is 51.8 Å². The number of carbonyl (C=O) groups excluding carboxylic acids is 2. The van der Waals surface area contributed by atoms with E-state index in [9.17, 15) is 9.59 Å². The minimum Gasteiger partial charge on any atom is -0.444 e. The first kappa shape index (κ1) is 21.4. The molecule has 0 saturated heterocycles. The quantitative estimate of drug-likeness (QED) is 0.622. The number of anilines is 1. The zero-order valence-electron chi connectivity index (χ0n) is 16.4. The Bertz CT molecular complexity index is 650. The van der Waals surface area contributed by atoms with Crippen LogP contribution in [0.15, 0.2) is 24.3 Å². The highest BCUT2D eigenvalue weighted by Crippen LogP contribution is 2.27. The lowest BCUT2D eigenvalue weighted by molar-refractivity contribution is 0.0442. The van der Waals surface area contributed by atoms with Crippen LogP contribution in [0.25, 0.3) is 0 Å². The van der Waals surface area contributed by atoms with E-state index in [0.29, 0.717) is 17.3 Å². The molecular formula is C20H30ClN3O3. The van der Waals surface area contributed by atoms with Gasteiger partial charge in [-0.1, -0.05) is 43.4 Å². The molecule has 27 heavy (non-hydrogen) atoms. The van der Waals surface area contributed by atoms with E-state index in [2.05, 4.69) is 16.0 Å². The summed E-state index contributed by atoms with van der Waals surface area (Å²) >= 11 is 5.94. The minimum absolute atomic E-state index is 0.327. The number of alkyl carbamates (subject to hydrolysis) is 1. The molecule has 3 amide bonds. The van der Waals surface area contributed by atoms with Gasteiger partial charge in [0.2, 0.25) is 0 Å². The number of hydrogen-bond acceptors (Lipinski definition) is 3. The molecule has 0 radical (unpaired) electrons. The van der Waals surface area contributed by atoms with Crippen LogP contribution in [0.4, 0.5) is 15.3 Å². The molecule has 2 rings (SSSR count). The van der Waals surface area contributed by atoms with E-state index in [1.165, 1.54) is 0 Å².